The van der Waals surface area contributed by atoms with E-state index in [0.717, 1.165) is 16.8 Å². The largest absolute Gasteiger partial charge is 0.364 e. The van der Waals surface area contributed by atoms with Crippen molar-refractivity contribution in [2.24, 2.45) is 11.0 Å². The summed E-state index contributed by atoms with van der Waals surface area (Å²) in [6.45, 7) is 0.604. The van der Waals surface area contributed by atoms with E-state index in [4.69, 9.17) is 12.2 Å². The van der Waals surface area contributed by atoms with E-state index in [1.807, 2.05) is 35.0 Å². The Balaban J connectivity index is 1.78. The Morgan fingerprint density at radius 3 is 2.79 bits per heavy atom. The minimum Gasteiger partial charge on any atom is -0.364 e. The Morgan fingerprint density at radius 2 is 2.17 bits per heavy atom. The molecule has 5 nitrogen and oxygen atoms in total. The number of nitrogens with zero attached hydrogens (tertiary/aromatic N) is 3. The van der Waals surface area contributed by atoms with Gasteiger partial charge in [-0.1, -0.05) is 24.0 Å². The summed E-state index contributed by atoms with van der Waals surface area (Å²) in [5.74, 6) is 7.11. The average molecular weight is 337 g/mol. The predicted octanol–water partition coefficient (Wildman–Crippen LogP) is 2.14. The highest BCUT2D eigenvalue weighted by Crippen LogP contribution is 2.27. The van der Waals surface area contributed by atoms with Crippen molar-refractivity contribution >= 4 is 23.0 Å². The molecule has 0 aliphatic heterocycles. The molecule has 1 saturated carbocycles. The van der Waals surface area contributed by atoms with E-state index in [9.17, 15) is 0 Å². The van der Waals surface area contributed by atoms with E-state index < -0.39 is 0 Å². The number of hydrogen-bond donors (Lipinski definition) is 2. The van der Waals surface area contributed by atoms with E-state index in [0.29, 0.717) is 17.6 Å². The van der Waals surface area contributed by atoms with Crippen LogP contribution in [0.2, 0.25) is 0 Å². The smallest absolute Gasteiger partial charge is 0.186 e. The van der Waals surface area contributed by atoms with Crippen LogP contribution in [0, 0.1) is 17.8 Å². The van der Waals surface area contributed by atoms with Gasteiger partial charge in [0.25, 0.3) is 0 Å². The summed E-state index contributed by atoms with van der Waals surface area (Å²) in [4.78, 5) is 4.07. The summed E-state index contributed by atoms with van der Waals surface area (Å²) in [5.41, 5.74) is 5.77. The maximum Gasteiger partial charge on any atom is 0.186 e. The fourth-order valence-corrected chi connectivity index (χ4v) is 2.12. The molecular formula is C18H19N5S. The molecule has 0 unspecified atom stereocenters. The SMILES string of the molecule is CNC(=S)N/N=C(/Cn1ccnc1)c1ccc(C#CC2CC2)cc1. The molecule has 24 heavy (non-hydrogen) atoms. The zero-order chi connectivity index (χ0) is 16.8. The first-order valence-corrected chi connectivity index (χ1v) is 8.27. The molecule has 1 aliphatic carbocycles. The zero-order valence-electron chi connectivity index (χ0n) is 13.5. The summed E-state index contributed by atoms with van der Waals surface area (Å²) in [6.07, 6.45) is 7.90. The highest BCUT2D eigenvalue weighted by Gasteiger charge is 2.17. The summed E-state index contributed by atoms with van der Waals surface area (Å²) in [5, 5.41) is 7.76. The molecule has 1 heterocycles. The number of thiocarbonyl (C=S) groups is 1. The predicted molar refractivity (Wildman–Crippen MR) is 99.6 cm³/mol. The van der Waals surface area contributed by atoms with E-state index in [1.54, 1.807) is 19.6 Å². The molecule has 0 amide bonds. The number of aromatic nitrogens is 2. The summed E-state index contributed by atoms with van der Waals surface area (Å²) >= 11 is 5.09. The molecule has 3 rings (SSSR count). The van der Waals surface area contributed by atoms with Crippen LogP contribution in [0.4, 0.5) is 0 Å². The van der Waals surface area contributed by atoms with Gasteiger partial charge in [-0.15, -0.1) is 0 Å². The first kappa shape index (κ1) is 16.2. The van der Waals surface area contributed by atoms with Gasteiger partial charge in [-0.05, 0) is 42.8 Å². The van der Waals surface area contributed by atoms with Crippen molar-refractivity contribution in [3.05, 3.63) is 54.1 Å². The molecule has 1 aliphatic rings. The van der Waals surface area contributed by atoms with E-state index in [2.05, 4.69) is 32.7 Å². The van der Waals surface area contributed by atoms with Crippen LogP contribution in [0.5, 0.6) is 0 Å². The number of hydrazone groups is 1. The lowest BCUT2D eigenvalue weighted by Gasteiger charge is -2.09. The van der Waals surface area contributed by atoms with Crippen LogP contribution in [0.25, 0.3) is 0 Å². The lowest BCUT2D eigenvalue weighted by atomic mass is 10.1. The lowest BCUT2D eigenvalue weighted by Crippen LogP contribution is -2.30. The maximum atomic E-state index is 5.09. The van der Waals surface area contributed by atoms with Crippen molar-refractivity contribution in [2.75, 3.05) is 7.05 Å². The van der Waals surface area contributed by atoms with Gasteiger partial charge < -0.3 is 9.88 Å². The standard InChI is InChI=1S/C18H19N5S/c1-19-18(24)22-21-17(12-23-11-10-20-13-23)16-8-6-15(7-9-16)5-4-14-2-3-14/h6-11,13-14H,2-3,12H2,1H3,(H2,19,22,24)/b21-17-. The van der Waals surface area contributed by atoms with Crippen molar-refractivity contribution in [3.8, 4) is 11.8 Å². The molecule has 0 bridgehead atoms. The molecule has 0 atom stereocenters. The second-order valence-electron chi connectivity index (χ2n) is 5.61. The third-order valence-corrected chi connectivity index (χ3v) is 3.92. The van der Waals surface area contributed by atoms with Crippen LogP contribution in [0.15, 0.2) is 48.1 Å². The summed E-state index contributed by atoms with van der Waals surface area (Å²) in [6, 6.07) is 8.14. The van der Waals surface area contributed by atoms with Crippen LogP contribution >= 0.6 is 12.2 Å². The Morgan fingerprint density at radius 1 is 1.38 bits per heavy atom. The molecule has 1 aromatic heterocycles. The number of imidazole rings is 1. The van der Waals surface area contributed by atoms with E-state index >= 15 is 0 Å². The molecule has 0 spiro atoms. The van der Waals surface area contributed by atoms with Gasteiger partial charge in [0.05, 0.1) is 18.6 Å². The Bertz CT molecular complexity index is 777. The molecule has 1 aromatic carbocycles. The van der Waals surface area contributed by atoms with Crippen LogP contribution in [-0.4, -0.2) is 27.4 Å². The number of hydrogen-bond acceptors (Lipinski definition) is 3. The first-order valence-electron chi connectivity index (χ1n) is 7.86. The quantitative estimate of drug-likeness (QED) is 0.388. The van der Waals surface area contributed by atoms with Gasteiger partial charge in [0.15, 0.2) is 5.11 Å². The van der Waals surface area contributed by atoms with Crippen LogP contribution < -0.4 is 10.7 Å². The highest BCUT2D eigenvalue weighted by atomic mass is 32.1. The molecule has 2 aromatic rings. The minimum absolute atomic E-state index is 0.477. The normalized spacial score (nSPS) is 13.8. The van der Waals surface area contributed by atoms with Crippen molar-refractivity contribution in [1.29, 1.82) is 0 Å². The highest BCUT2D eigenvalue weighted by molar-refractivity contribution is 7.80. The number of rotatable bonds is 4. The van der Waals surface area contributed by atoms with Crippen molar-refractivity contribution in [2.45, 2.75) is 19.4 Å². The van der Waals surface area contributed by atoms with E-state index in [-0.39, 0.29) is 0 Å². The molecule has 1 fully saturated rings. The Kier molecular flexibility index (Phi) is 5.24. The minimum atomic E-state index is 0.477. The summed E-state index contributed by atoms with van der Waals surface area (Å²) in [7, 11) is 1.76. The van der Waals surface area contributed by atoms with Gasteiger partial charge in [-0.25, -0.2) is 4.98 Å². The molecular weight excluding hydrogens is 318 g/mol. The second kappa shape index (κ2) is 7.75. The van der Waals surface area contributed by atoms with Gasteiger partial charge >= 0.3 is 0 Å². The Labute approximate surface area is 147 Å². The van der Waals surface area contributed by atoms with Crippen LogP contribution in [-0.2, 0) is 6.54 Å². The molecule has 6 heteroatoms. The fraction of sp³-hybridized carbons (Fsp3) is 0.278. The van der Waals surface area contributed by atoms with Crippen LogP contribution in [0.3, 0.4) is 0 Å². The fourth-order valence-electron chi connectivity index (χ4n) is 2.08. The first-order chi connectivity index (χ1) is 11.7. The van der Waals surface area contributed by atoms with Gasteiger partial charge in [-0.2, -0.15) is 5.10 Å². The molecule has 0 saturated heterocycles. The number of benzene rings is 1. The van der Waals surface area contributed by atoms with Crippen molar-refractivity contribution in [3.63, 3.8) is 0 Å². The topological polar surface area (TPSA) is 54.2 Å². The van der Waals surface area contributed by atoms with Gasteiger partial charge in [0, 0.05) is 30.9 Å². The van der Waals surface area contributed by atoms with Gasteiger partial charge in [0.1, 0.15) is 0 Å². The third kappa shape index (κ3) is 4.67. The third-order valence-electron chi connectivity index (χ3n) is 3.63. The molecule has 2 N–H and O–H groups in total. The lowest BCUT2D eigenvalue weighted by molar-refractivity contribution is 0.836. The van der Waals surface area contributed by atoms with Gasteiger partial charge in [-0.3, -0.25) is 5.43 Å². The zero-order valence-corrected chi connectivity index (χ0v) is 14.3. The maximum absolute atomic E-state index is 5.09. The second-order valence-corrected chi connectivity index (χ2v) is 6.01. The van der Waals surface area contributed by atoms with Crippen molar-refractivity contribution in [1.82, 2.24) is 20.3 Å². The van der Waals surface area contributed by atoms with E-state index in [1.165, 1.54) is 12.8 Å². The van der Waals surface area contributed by atoms with Crippen LogP contribution in [0.1, 0.15) is 24.0 Å². The molecule has 0 radical (unpaired) electrons. The Hall–Kier alpha value is -2.65. The van der Waals surface area contributed by atoms with Crippen molar-refractivity contribution < 1.29 is 0 Å². The number of nitrogens with one attached hydrogen (secondary N) is 2. The molecule has 122 valence electrons. The van der Waals surface area contributed by atoms with Gasteiger partial charge in [0.2, 0.25) is 0 Å². The summed E-state index contributed by atoms with van der Waals surface area (Å²) < 4.78 is 1.96. The average Bonchev–Trinajstić information content (AvgIpc) is 3.31. The monoisotopic (exact) mass is 337 g/mol.